The molecule has 8 nitrogen and oxygen atoms in total. The van der Waals surface area contributed by atoms with Crippen molar-refractivity contribution >= 4 is 5.91 Å². The van der Waals surface area contributed by atoms with E-state index in [0.717, 1.165) is 16.3 Å². The molecule has 1 saturated heterocycles. The van der Waals surface area contributed by atoms with Gasteiger partial charge in [-0.25, -0.2) is 9.67 Å². The molecular weight excluding hydrogens is 497 g/mol. The molecule has 3 heterocycles. The maximum Gasteiger partial charge on any atom is 0.406 e. The highest BCUT2D eigenvalue weighted by Gasteiger charge is 2.49. The molecular formula is C27H29F3N6O2. The molecule has 1 amide bonds. The fourth-order valence-electron chi connectivity index (χ4n) is 5.42. The number of carbonyl (C=O) groups is 1. The van der Waals surface area contributed by atoms with Crippen LogP contribution < -0.4 is 4.74 Å². The second-order valence-electron chi connectivity index (χ2n) is 10.5. The van der Waals surface area contributed by atoms with Crippen LogP contribution in [0.2, 0.25) is 0 Å². The molecule has 0 saturated carbocycles. The van der Waals surface area contributed by atoms with E-state index in [1.54, 1.807) is 37.9 Å². The van der Waals surface area contributed by atoms with Crippen LogP contribution in [-0.2, 0) is 4.79 Å². The van der Waals surface area contributed by atoms with E-state index in [2.05, 4.69) is 15.3 Å². The van der Waals surface area contributed by atoms with Crippen molar-refractivity contribution in [3.63, 3.8) is 0 Å². The van der Waals surface area contributed by atoms with Crippen molar-refractivity contribution in [2.24, 2.45) is 11.3 Å². The predicted molar refractivity (Wildman–Crippen MR) is 135 cm³/mol. The number of hydrogen-bond acceptors (Lipinski definition) is 5. The van der Waals surface area contributed by atoms with E-state index in [1.807, 2.05) is 55.8 Å². The number of hydrogen-bond donors (Lipinski definition) is 0. The highest BCUT2D eigenvalue weighted by atomic mass is 19.4. The summed E-state index contributed by atoms with van der Waals surface area (Å²) in [5.41, 5.74) is 2.34. The van der Waals surface area contributed by atoms with Crippen molar-refractivity contribution in [3.8, 4) is 22.7 Å². The number of alkyl halides is 3. The Labute approximate surface area is 218 Å². The Balaban J connectivity index is 1.50. The number of aromatic nitrogens is 5. The van der Waals surface area contributed by atoms with Gasteiger partial charge in [-0.15, -0.1) is 5.10 Å². The van der Waals surface area contributed by atoms with Crippen LogP contribution in [0.1, 0.15) is 32.0 Å². The number of likely N-dealkylation sites (tertiary alicyclic amines) is 1. The number of aryl methyl sites for hydroxylation is 1. The Morgan fingerprint density at radius 1 is 1.16 bits per heavy atom. The maximum atomic E-state index is 13.7. The number of carbonyl (C=O) groups excluding carboxylic acids is 1. The quantitative estimate of drug-likeness (QED) is 0.472. The van der Waals surface area contributed by atoms with Crippen LogP contribution in [0.15, 0.2) is 61.2 Å². The lowest BCUT2D eigenvalue weighted by Gasteiger charge is -2.39. The van der Waals surface area contributed by atoms with Gasteiger partial charge in [-0.05, 0) is 30.9 Å². The molecule has 0 radical (unpaired) electrons. The Bertz CT molecular complexity index is 1400. The van der Waals surface area contributed by atoms with Crippen molar-refractivity contribution in [1.29, 1.82) is 0 Å². The van der Waals surface area contributed by atoms with Gasteiger partial charge >= 0.3 is 6.18 Å². The molecule has 3 unspecified atom stereocenters. The molecule has 1 aromatic carbocycles. The summed E-state index contributed by atoms with van der Waals surface area (Å²) in [4.78, 5) is 18.9. The topological polar surface area (TPSA) is 78.1 Å². The second-order valence-corrected chi connectivity index (χ2v) is 10.5. The zero-order chi connectivity index (χ0) is 27.2. The standard InChI is InChI=1S/C27H29F3N6O2/c1-17-13-34(16-31-17)22-10-9-18(11-24(22)38-4)20-14-36(33-32-20)23-12-26(2,3)19-7-5-6-8-21(19)35(25(23)37)15-27(28,29)30/h5-11,13-14,16,19,21,23H,12,15H2,1-4H3. The van der Waals surface area contributed by atoms with Gasteiger partial charge in [0.1, 0.15) is 24.0 Å². The number of halogens is 3. The summed E-state index contributed by atoms with van der Waals surface area (Å²) in [6.07, 6.45) is 8.06. The van der Waals surface area contributed by atoms with Crippen molar-refractivity contribution in [3.05, 3.63) is 66.9 Å². The third kappa shape index (κ3) is 4.84. The summed E-state index contributed by atoms with van der Waals surface area (Å²) in [5.74, 6) is -0.307. The summed E-state index contributed by atoms with van der Waals surface area (Å²) < 4.78 is 49.6. The molecule has 11 heteroatoms. The Morgan fingerprint density at radius 2 is 1.92 bits per heavy atom. The van der Waals surface area contributed by atoms with Crippen molar-refractivity contribution in [1.82, 2.24) is 29.4 Å². The van der Waals surface area contributed by atoms with Gasteiger partial charge in [0.2, 0.25) is 5.91 Å². The summed E-state index contributed by atoms with van der Waals surface area (Å²) in [6.45, 7) is 4.52. The number of fused-ring (bicyclic) bond motifs is 1. The lowest BCUT2D eigenvalue weighted by atomic mass is 9.70. The number of rotatable bonds is 5. The Morgan fingerprint density at radius 3 is 2.61 bits per heavy atom. The Hall–Kier alpha value is -3.89. The molecule has 1 aliphatic heterocycles. The molecule has 2 aliphatic rings. The number of amides is 1. The van der Waals surface area contributed by atoms with Crippen LogP contribution in [-0.4, -0.2) is 61.2 Å². The normalized spacial score (nSPS) is 22.9. The van der Waals surface area contributed by atoms with Gasteiger partial charge in [-0.2, -0.15) is 13.2 Å². The minimum Gasteiger partial charge on any atom is -0.495 e. The summed E-state index contributed by atoms with van der Waals surface area (Å²) >= 11 is 0. The molecule has 5 rings (SSSR count). The summed E-state index contributed by atoms with van der Waals surface area (Å²) in [7, 11) is 1.56. The molecule has 38 heavy (non-hydrogen) atoms. The number of allylic oxidation sites excluding steroid dienone is 2. The molecule has 0 spiro atoms. The van der Waals surface area contributed by atoms with Crippen molar-refractivity contribution in [2.45, 2.75) is 45.5 Å². The van der Waals surface area contributed by atoms with E-state index in [9.17, 15) is 18.0 Å². The van der Waals surface area contributed by atoms with Gasteiger partial charge in [-0.3, -0.25) is 4.79 Å². The van der Waals surface area contributed by atoms with Crippen LogP contribution in [0, 0.1) is 18.3 Å². The van der Waals surface area contributed by atoms with Crippen LogP contribution in [0.5, 0.6) is 5.75 Å². The largest absolute Gasteiger partial charge is 0.495 e. The van der Waals surface area contributed by atoms with E-state index in [1.165, 1.54) is 4.68 Å². The van der Waals surface area contributed by atoms with Crippen molar-refractivity contribution < 1.29 is 22.7 Å². The van der Waals surface area contributed by atoms with Gasteiger partial charge < -0.3 is 14.2 Å². The van der Waals surface area contributed by atoms with E-state index >= 15 is 0 Å². The van der Waals surface area contributed by atoms with Gasteiger partial charge in [0.25, 0.3) is 0 Å². The van der Waals surface area contributed by atoms with E-state index in [0.29, 0.717) is 23.4 Å². The lowest BCUT2D eigenvalue weighted by Crippen LogP contribution is -2.49. The van der Waals surface area contributed by atoms with Gasteiger partial charge in [0.15, 0.2) is 0 Å². The minimum atomic E-state index is -4.53. The molecule has 200 valence electrons. The van der Waals surface area contributed by atoms with Gasteiger partial charge in [-0.1, -0.05) is 49.4 Å². The van der Waals surface area contributed by atoms with Crippen LogP contribution in [0.25, 0.3) is 16.9 Å². The molecule has 3 atom stereocenters. The molecule has 0 bridgehead atoms. The highest BCUT2D eigenvalue weighted by Crippen LogP contribution is 2.45. The fraction of sp³-hybridized carbons (Fsp3) is 0.407. The first-order valence-electron chi connectivity index (χ1n) is 12.3. The SMILES string of the molecule is COc1cc(-c2cn(C3CC(C)(C)C4C=CC=CC4N(CC(F)(F)F)C3=O)nn2)ccc1-n1cnc(C)c1. The molecule has 2 aromatic heterocycles. The number of nitrogens with zero attached hydrogens (tertiary/aromatic N) is 6. The second kappa shape index (κ2) is 9.45. The molecule has 3 aromatic rings. The number of imidazole rings is 1. The van der Waals surface area contributed by atoms with Gasteiger partial charge in [0.05, 0.1) is 37.1 Å². The highest BCUT2D eigenvalue weighted by molar-refractivity contribution is 5.82. The van der Waals surface area contributed by atoms with Crippen LogP contribution in [0.3, 0.4) is 0 Å². The molecule has 1 fully saturated rings. The summed E-state index contributed by atoms with van der Waals surface area (Å²) in [5, 5.41) is 8.47. The Kier molecular flexibility index (Phi) is 6.40. The first-order valence-corrected chi connectivity index (χ1v) is 12.3. The third-order valence-corrected chi connectivity index (χ3v) is 7.30. The molecule has 0 N–H and O–H groups in total. The first kappa shape index (κ1) is 25.7. The third-order valence-electron chi connectivity index (χ3n) is 7.30. The lowest BCUT2D eigenvalue weighted by molar-refractivity contribution is -0.166. The number of methoxy groups -OCH3 is 1. The average Bonchev–Trinajstić information content (AvgIpc) is 3.52. The predicted octanol–water partition coefficient (Wildman–Crippen LogP) is 4.92. The first-order chi connectivity index (χ1) is 18.0. The summed E-state index contributed by atoms with van der Waals surface area (Å²) in [6, 6.07) is 3.89. The van der Waals surface area contributed by atoms with E-state index in [4.69, 9.17) is 4.74 Å². The van der Waals surface area contributed by atoms with Crippen LogP contribution in [0.4, 0.5) is 13.2 Å². The van der Waals surface area contributed by atoms with E-state index < -0.39 is 36.1 Å². The zero-order valence-electron chi connectivity index (χ0n) is 21.6. The smallest absolute Gasteiger partial charge is 0.406 e. The van der Waals surface area contributed by atoms with E-state index in [-0.39, 0.29) is 5.92 Å². The van der Waals surface area contributed by atoms with Gasteiger partial charge in [0, 0.05) is 17.7 Å². The number of ether oxygens (including phenoxy) is 1. The minimum absolute atomic E-state index is 0.268. The number of benzene rings is 1. The monoisotopic (exact) mass is 526 g/mol. The average molecular weight is 527 g/mol. The molecule has 1 aliphatic carbocycles. The fourth-order valence-corrected chi connectivity index (χ4v) is 5.42. The zero-order valence-corrected chi connectivity index (χ0v) is 21.6. The van der Waals surface area contributed by atoms with Crippen LogP contribution >= 0.6 is 0 Å². The van der Waals surface area contributed by atoms with Crippen molar-refractivity contribution in [2.75, 3.05) is 13.7 Å². The maximum absolute atomic E-state index is 13.7.